The first-order chi connectivity index (χ1) is 7.69. The van der Waals surface area contributed by atoms with Crippen molar-refractivity contribution >= 4 is 12.0 Å². The molecule has 0 fully saturated rings. The monoisotopic (exact) mass is 221 g/mol. The maximum atomic E-state index is 9.26. The van der Waals surface area contributed by atoms with Gasteiger partial charge in [0.15, 0.2) is 0 Å². The first-order valence-electron chi connectivity index (χ1n) is 5.65. The molecule has 0 spiro atoms. The highest BCUT2D eigenvalue weighted by atomic mass is 16.3. The Balaban J connectivity index is 0.000000280. The lowest BCUT2D eigenvalue weighted by molar-refractivity contribution is -0.107. The number of phenols is 1. The lowest BCUT2D eigenvalue weighted by atomic mass is 10.0. The minimum atomic E-state index is 0.379. The van der Waals surface area contributed by atoms with Crippen LogP contribution < -0.4 is 4.90 Å². The van der Waals surface area contributed by atoms with Crippen molar-refractivity contribution in [3.8, 4) is 5.75 Å². The van der Waals surface area contributed by atoms with Crippen molar-refractivity contribution < 1.29 is 9.90 Å². The van der Waals surface area contributed by atoms with Crippen molar-refractivity contribution in [2.45, 2.75) is 26.2 Å². The summed E-state index contributed by atoms with van der Waals surface area (Å²) < 4.78 is 0. The zero-order valence-electron chi connectivity index (χ0n) is 9.94. The highest BCUT2D eigenvalue weighted by molar-refractivity contribution is 5.57. The molecule has 1 aliphatic rings. The van der Waals surface area contributed by atoms with Gasteiger partial charge in [-0.3, -0.25) is 0 Å². The molecule has 88 valence electrons. The van der Waals surface area contributed by atoms with Crippen molar-refractivity contribution in [2.24, 2.45) is 0 Å². The van der Waals surface area contributed by atoms with Gasteiger partial charge in [-0.1, -0.05) is 6.92 Å². The van der Waals surface area contributed by atoms with Crippen molar-refractivity contribution in [2.75, 3.05) is 18.5 Å². The molecule has 0 radical (unpaired) electrons. The number of phenolic OH excluding ortho intramolecular Hbond substituents is 1. The molecule has 0 bridgehead atoms. The van der Waals surface area contributed by atoms with Crippen LogP contribution >= 0.6 is 0 Å². The predicted octanol–water partition coefficient (Wildman–Crippen LogP) is 2.37. The molecule has 1 N–H and O–H groups in total. The van der Waals surface area contributed by atoms with Gasteiger partial charge in [0.25, 0.3) is 0 Å². The lowest BCUT2D eigenvalue weighted by Crippen LogP contribution is -2.24. The van der Waals surface area contributed by atoms with Crippen LogP contribution in [0.15, 0.2) is 18.2 Å². The Hall–Kier alpha value is -1.51. The Morgan fingerprint density at radius 3 is 2.81 bits per heavy atom. The van der Waals surface area contributed by atoms with E-state index >= 15 is 0 Å². The molecule has 3 nitrogen and oxygen atoms in total. The molecule has 3 heteroatoms. The van der Waals surface area contributed by atoms with Crippen LogP contribution in [0.5, 0.6) is 5.75 Å². The van der Waals surface area contributed by atoms with E-state index in [0.717, 1.165) is 19.3 Å². The number of nitrogens with zero attached hydrogens (tertiary/aromatic N) is 1. The fourth-order valence-electron chi connectivity index (χ4n) is 1.77. The minimum absolute atomic E-state index is 0.379. The van der Waals surface area contributed by atoms with Gasteiger partial charge in [0.2, 0.25) is 0 Å². The quantitative estimate of drug-likeness (QED) is 0.740. The fraction of sp³-hybridized carbons (Fsp3) is 0.462. The average molecular weight is 221 g/mol. The van der Waals surface area contributed by atoms with Crippen molar-refractivity contribution in [1.82, 2.24) is 0 Å². The molecule has 0 saturated heterocycles. The minimum Gasteiger partial charge on any atom is -0.508 e. The number of hydrogen-bond donors (Lipinski definition) is 1. The number of hydrogen-bond acceptors (Lipinski definition) is 3. The van der Waals surface area contributed by atoms with Crippen LogP contribution in [-0.4, -0.2) is 25.0 Å². The van der Waals surface area contributed by atoms with Crippen LogP contribution in [0.1, 0.15) is 25.3 Å². The van der Waals surface area contributed by atoms with E-state index < -0.39 is 0 Å². The third-order valence-corrected chi connectivity index (χ3v) is 2.58. The second-order valence-corrected chi connectivity index (χ2v) is 3.91. The Bertz CT molecular complexity index is 350. The number of rotatable bonds is 1. The molecule has 1 aliphatic heterocycles. The number of aromatic hydroxyl groups is 1. The van der Waals surface area contributed by atoms with Crippen LogP contribution in [0.3, 0.4) is 0 Å². The first kappa shape index (κ1) is 12.6. The van der Waals surface area contributed by atoms with E-state index in [1.165, 1.54) is 17.7 Å². The van der Waals surface area contributed by atoms with E-state index in [2.05, 4.69) is 11.9 Å². The van der Waals surface area contributed by atoms with E-state index in [4.69, 9.17) is 0 Å². The van der Waals surface area contributed by atoms with Crippen LogP contribution in [0, 0.1) is 0 Å². The fourth-order valence-corrected chi connectivity index (χ4v) is 1.77. The maximum absolute atomic E-state index is 9.26. The van der Waals surface area contributed by atoms with Gasteiger partial charge >= 0.3 is 0 Å². The Morgan fingerprint density at radius 1 is 1.50 bits per heavy atom. The largest absolute Gasteiger partial charge is 0.508 e. The summed E-state index contributed by atoms with van der Waals surface area (Å²) in [6.45, 7) is 2.94. The van der Waals surface area contributed by atoms with Crippen LogP contribution in [0.4, 0.5) is 5.69 Å². The summed E-state index contributed by atoms with van der Waals surface area (Å²) in [5, 5.41) is 9.26. The predicted molar refractivity (Wildman–Crippen MR) is 66.1 cm³/mol. The normalized spacial score (nSPS) is 13.5. The Labute approximate surface area is 96.7 Å². The molecule has 0 saturated carbocycles. The molecule has 2 rings (SSSR count). The summed E-state index contributed by atoms with van der Waals surface area (Å²) in [7, 11) is 2.09. The summed E-state index contributed by atoms with van der Waals surface area (Å²) >= 11 is 0. The summed E-state index contributed by atoms with van der Waals surface area (Å²) in [4.78, 5) is 11.4. The van der Waals surface area contributed by atoms with Gasteiger partial charge in [-0.25, -0.2) is 0 Å². The van der Waals surface area contributed by atoms with E-state index in [0.29, 0.717) is 12.2 Å². The number of carbonyl (C=O) groups is 1. The summed E-state index contributed by atoms with van der Waals surface area (Å²) in [6.07, 6.45) is 3.79. The molecule has 1 heterocycles. The molecular weight excluding hydrogens is 202 g/mol. The topological polar surface area (TPSA) is 40.5 Å². The summed E-state index contributed by atoms with van der Waals surface area (Å²) in [5.74, 6) is 0.379. The molecule has 0 aliphatic carbocycles. The summed E-state index contributed by atoms with van der Waals surface area (Å²) in [6, 6.07) is 5.61. The van der Waals surface area contributed by atoms with Crippen molar-refractivity contribution in [3.63, 3.8) is 0 Å². The average Bonchev–Trinajstić information content (AvgIpc) is 2.29. The molecule has 1 aromatic carbocycles. The second-order valence-electron chi connectivity index (χ2n) is 3.91. The number of carbonyl (C=O) groups excluding carboxylic acids is 1. The third kappa shape index (κ3) is 3.26. The summed E-state index contributed by atoms with van der Waals surface area (Å²) in [5.41, 5.74) is 2.53. The van der Waals surface area contributed by atoms with Gasteiger partial charge in [-0.15, -0.1) is 0 Å². The first-order valence-corrected chi connectivity index (χ1v) is 5.65. The molecular formula is C13H19NO2. The molecule has 0 amide bonds. The zero-order valence-corrected chi connectivity index (χ0v) is 9.94. The van der Waals surface area contributed by atoms with E-state index in [-0.39, 0.29) is 0 Å². The maximum Gasteiger partial charge on any atom is 0.119 e. The second kappa shape index (κ2) is 6.16. The van der Waals surface area contributed by atoms with Crippen LogP contribution in [0.2, 0.25) is 0 Å². The van der Waals surface area contributed by atoms with Gasteiger partial charge in [-0.2, -0.15) is 0 Å². The molecule has 1 aromatic rings. The Kier molecular flexibility index (Phi) is 4.83. The zero-order chi connectivity index (χ0) is 12.0. The molecule has 0 unspecified atom stereocenters. The van der Waals surface area contributed by atoms with Gasteiger partial charge < -0.3 is 14.8 Å². The third-order valence-electron chi connectivity index (χ3n) is 2.58. The highest BCUT2D eigenvalue weighted by Crippen LogP contribution is 2.28. The number of fused-ring (bicyclic) bond motifs is 1. The lowest BCUT2D eigenvalue weighted by Gasteiger charge is -2.27. The molecule has 0 aromatic heterocycles. The number of anilines is 1. The highest BCUT2D eigenvalue weighted by Gasteiger charge is 2.12. The number of aldehydes is 1. The SMILES string of the molecule is CCC=O.CN1CCCc2cc(O)ccc21. The smallest absolute Gasteiger partial charge is 0.119 e. The van der Waals surface area contributed by atoms with E-state index in [9.17, 15) is 9.90 Å². The van der Waals surface area contributed by atoms with Gasteiger partial charge in [0, 0.05) is 25.7 Å². The van der Waals surface area contributed by atoms with Gasteiger partial charge in [-0.05, 0) is 36.6 Å². The van der Waals surface area contributed by atoms with Crippen molar-refractivity contribution in [1.29, 1.82) is 0 Å². The standard InChI is InChI=1S/C10H13NO.C3H6O/c1-11-6-2-3-8-7-9(12)4-5-10(8)11;1-2-3-4/h4-5,7,12H,2-3,6H2,1H3;3H,2H2,1H3. The number of benzene rings is 1. The molecule has 16 heavy (non-hydrogen) atoms. The molecule has 0 atom stereocenters. The van der Waals surface area contributed by atoms with Crippen LogP contribution in [0.25, 0.3) is 0 Å². The van der Waals surface area contributed by atoms with E-state index in [1.54, 1.807) is 6.07 Å². The van der Waals surface area contributed by atoms with Crippen molar-refractivity contribution in [3.05, 3.63) is 23.8 Å². The van der Waals surface area contributed by atoms with E-state index in [1.807, 2.05) is 19.1 Å². The van der Waals surface area contributed by atoms with Gasteiger partial charge in [0.1, 0.15) is 12.0 Å². The van der Waals surface area contributed by atoms with Crippen LogP contribution in [-0.2, 0) is 11.2 Å². The number of aryl methyl sites for hydroxylation is 1. The Morgan fingerprint density at radius 2 is 2.19 bits per heavy atom. The van der Waals surface area contributed by atoms with Gasteiger partial charge in [0.05, 0.1) is 0 Å².